The number of benzene rings is 1. The zero-order valence-corrected chi connectivity index (χ0v) is 14.0. The van der Waals surface area contributed by atoms with Gasteiger partial charge in [-0.25, -0.2) is 0 Å². The molecule has 0 fully saturated rings. The van der Waals surface area contributed by atoms with Crippen molar-refractivity contribution in [3.63, 3.8) is 0 Å². The van der Waals surface area contributed by atoms with E-state index in [0.29, 0.717) is 23.1 Å². The number of H-pyrrole nitrogens is 1. The molecule has 3 aromatic rings. The standard InChI is InChI=1S/C16H16ClN5O2/c1-22(2)9-12-7-15(20-19-12)18-16(23)13-8-14(24-21-13)10-3-5-11(17)6-4-10/h3-8H,9H2,1-2H3,(H2,18,19,20,23). The minimum Gasteiger partial charge on any atom is -0.355 e. The Bertz CT molecular complexity index is 838. The summed E-state index contributed by atoms with van der Waals surface area (Å²) in [4.78, 5) is 14.2. The van der Waals surface area contributed by atoms with Gasteiger partial charge in [0.1, 0.15) is 0 Å². The molecule has 0 spiro atoms. The summed E-state index contributed by atoms with van der Waals surface area (Å²) >= 11 is 5.86. The number of hydrogen-bond acceptors (Lipinski definition) is 5. The van der Waals surface area contributed by atoms with E-state index in [1.54, 1.807) is 36.4 Å². The third-order valence-corrected chi connectivity index (χ3v) is 3.48. The van der Waals surface area contributed by atoms with Crippen LogP contribution in [-0.4, -0.2) is 40.3 Å². The van der Waals surface area contributed by atoms with Gasteiger partial charge in [0.25, 0.3) is 5.91 Å². The van der Waals surface area contributed by atoms with E-state index in [2.05, 4.69) is 20.7 Å². The average molecular weight is 346 g/mol. The number of rotatable bonds is 5. The Balaban J connectivity index is 1.69. The van der Waals surface area contributed by atoms with Crippen LogP contribution in [0.5, 0.6) is 0 Å². The zero-order valence-electron chi connectivity index (χ0n) is 13.2. The van der Waals surface area contributed by atoms with Crippen molar-refractivity contribution in [2.24, 2.45) is 0 Å². The second-order valence-electron chi connectivity index (χ2n) is 5.55. The molecule has 0 aliphatic rings. The lowest BCUT2D eigenvalue weighted by atomic mass is 10.1. The molecule has 7 nitrogen and oxygen atoms in total. The van der Waals surface area contributed by atoms with Gasteiger partial charge in [0.05, 0.1) is 5.69 Å². The molecule has 1 amide bonds. The molecule has 124 valence electrons. The first-order valence-electron chi connectivity index (χ1n) is 7.24. The van der Waals surface area contributed by atoms with Crippen molar-refractivity contribution in [3.8, 4) is 11.3 Å². The van der Waals surface area contributed by atoms with E-state index in [0.717, 1.165) is 11.3 Å². The van der Waals surface area contributed by atoms with Gasteiger partial charge in [0.15, 0.2) is 17.3 Å². The summed E-state index contributed by atoms with van der Waals surface area (Å²) in [7, 11) is 3.90. The van der Waals surface area contributed by atoms with Crippen LogP contribution >= 0.6 is 11.6 Å². The van der Waals surface area contributed by atoms with Crippen LogP contribution in [0.3, 0.4) is 0 Å². The van der Waals surface area contributed by atoms with E-state index in [-0.39, 0.29) is 11.6 Å². The summed E-state index contributed by atoms with van der Waals surface area (Å²) in [5.74, 6) is 0.543. The summed E-state index contributed by atoms with van der Waals surface area (Å²) in [6.45, 7) is 0.702. The number of nitrogens with zero attached hydrogens (tertiary/aromatic N) is 3. The summed E-state index contributed by atoms with van der Waals surface area (Å²) in [5.41, 5.74) is 1.87. The largest absolute Gasteiger partial charge is 0.355 e. The van der Waals surface area contributed by atoms with Gasteiger partial charge < -0.3 is 14.7 Å². The molecule has 24 heavy (non-hydrogen) atoms. The predicted molar refractivity (Wildman–Crippen MR) is 90.9 cm³/mol. The summed E-state index contributed by atoms with van der Waals surface area (Å²) < 4.78 is 5.22. The molecule has 0 saturated heterocycles. The fourth-order valence-electron chi connectivity index (χ4n) is 2.16. The number of amides is 1. The Kier molecular flexibility index (Phi) is 4.64. The van der Waals surface area contributed by atoms with Gasteiger partial charge >= 0.3 is 0 Å². The van der Waals surface area contributed by atoms with Gasteiger partial charge in [-0.1, -0.05) is 16.8 Å². The highest BCUT2D eigenvalue weighted by atomic mass is 35.5. The van der Waals surface area contributed by atoms with Crippen LogP contribution in [0.15, 0.2) is 40.9 Å². The SMILES string of the molecule is CN(C)Cc1cc(NC(=O)c2cc(-c3ccc(Cl)cc3)on2)n[nH]1. The minimum absolute atomic E-state index is 0.178. The predicted octanol–water partition coefficient (Wildman–Crippen LogP) is 3.03. The smallest absolute Gasteiger partial charge is 0.279 e. The Morgan fingerprint density at radius 3 is 2.75 bits per heavy atom. The van der Waals surface area contributed by atoms with Crippen LogP contribution in [0.2, 0.25) is 5.02 Å². The second kappa shape index (κ2) is 6.86. The molecule has 0 saturated carbocycles. The highest BCUT2D eigenvalue weighted by Gasteiger charge is 2.15. The number of aromatic nitrogens is 3. The van der Waals surface area contributed by atoms with E-state index in [4.69, 9.17) is 16.1 Å². The van der Waals surface area contributed by atoms with Gasteiger partial charge in [0.2, 0.25) is 0 Å². The molecular weight excluding hydrogens is 330 g/mol. The van der Waals surface area contributed by atoms with E-state index in [9.17, 15) is 4.79 Å². The first-order chi connectivity index (χ1) is 11.5. The molecule has 0 atom stereocenters. The number of carbonyl (C=O) groups excluding carboxylic acids is 1. The summed E-state index contributed by atoms with van der Waals surface area (Å²) in [6, 6.07) is 10.4. The molecular formula is C16H16ClN5O2. The van der Waals surface area contributed by atoms with Crippen molar-refractivity contribution in [3.05, 3.63) is 52.8 Å². The van der Waals surface area contributed by atoms with Crippen molar-refractivity contribution >= 4 is 23.3 Å². The zero-order chi connectivity index (χ0) is 17.1. The lowest BCUT2D eigenvalue weighted by molar-refractivity contribution is 0.101. The normalized spacial score (nSPS) is 11.0. The molecule has 0 aliphatic heterocycles. The Hall–Kier alpha value is -2.64. The van der Waals surface area contributed by atoms with Crippen LogP contribution in [0.4, 0.5) is 5.82 Å². The number of hydrogen-bond donors (Lipinski definition) is 2. The number of nitrogens with one attached hydrogen (secondary N) is 2. The van der Waals surface area contributed by atoms with Crippen LogP contribution in [0.1, 0.15) is 16.2 Å². The van der Waals surface area contributed by atoms with E-state index in [1.165, 1.54) is 0 Å². The first kappa shape index (κ1) is 16.2. The van der Waals surface area contributed by atoms with Crippen molar-refractivity contribution in [2.45, 2.75) is 6.54 Å². The maximum atomic E-state index is 12.2. The highest BCUT2D eigenvalue weighted by molar-refractivity contribution is 6.30. The van der Waals surface area contributed by atoms with Crippen molar-refractivity contribution in [2.75, 3.05) is 19.4 Å². The molecule has 0 aliphatic carbocycles. The molecule has 1 aromatic carbocycles. The highest BCUT2D eigenvalue weighted by Crippen LogP contribution is 2.22. The van der Waals surface area contributed by atoms with Crippen LogP contribution < -0.4 is 5.32 Å². The quantitative estimate of drug-likeness (QED) is 0.742. The maximum Gasteiger partial charge on any atom is 0.279 e. The molecule has 2 heterocycles. The summed E-state index contributed by atoms with van der Waals surface area (Å²) in [6.07, 6.45) is 0. The van der Waals surface area contributed by atoms with Crippen molar-refractivity contribution in [1.29, 1.82) is 0 Å². The third kappa shape index (κ3) is 3.81. The fraction of sp³-hybridized carbons (Fsp3) is 0.188. The van der Waals surface area contributed by atoms with Gasteiger partial charge in [-0.2, -0.15) is 5.10 Å². The van der Waals surface area contributed by atoms with Crippen molar-refractivity contribution < 1.29 is 9.32 Å². The van der Waals surface area contributed by atoms with E-state index < -0.39 is 0 Å². The van der Waals surface area contributed by atoms with Crippen LogP contribution in [0, 0.1) is 0 Å². The number of halogens is 1. The second-order valence-corrected chi connectivity index (χ2v) is 5.99. The van der Waals surface area contributed by atoms with Gasteiger partial charge in [-0.3, -0.25) is 9.89 Å². The molecule has 0 radical (unpaired) electrons. The minimum atomic E-state index is -0.387. The fourth-order valence-corrected chi connectivity index (χ4v) is 2.29. The van der Waals surface area contributed by atoms with Gasteiger partial charge in [-0.05, 0) is 38.4 Å². The molecule has 2 aromatic heterocycles. The van der Waals surface area contributed by atoms with Gasteiger partial charge in [-0.15, -0.1) is 0 Å². The van der Waals surface area contributed by atoms with E-state index >= 15 is 0 Å². The van der Waals surface area contributed by atoms with E-state index in [1.807, 2.05) is 19.0 Å². The average Bonchev–Trinajstić information content (AvgIpc) is 3.17. The summed E-state index contributed by atoms with van der Waals surface area (Å²) in [5, 5.41) is 14.0. The number of anilines is 1. The Morgan fingerprint density at radius 1 is 1.29 bits per heavy atom. The topological polar surface area (TPSA) is 87.1 Å². The lowest BCUT2D eigenvalue weighted by Crippen LogP contribution is -2.12. The maximum absolute atomic E-state index is 12.2. The lowest BCUT2D eigenvalue weighted by Gasteiger charge is -2.05. The number of aromatic amines is 1. The Morgan fingerprint density at radius 2 is 2.04 bits per heavy atom. The first-order valence-corrected chi connectivity index (χ1v) is 7.62. The van der Waals surface area contributed by atoms with Crippen LogP contribution in [-0.2, 0) is 6.54 Å². The molecule has 0 bridgehead atoms. The molecule has 8 heteroatoms. The van der Waals surface area contributed by atoms with Crippen LogP contribution in [0.25, 0.3) is 11.3 Å². The van der Waals surface area contributed by atoms with Gasteiger partial charge in [0, 0.05) is 29.3 Å². The molecule has 0 unspecified atom stereocenters. The Labute approximate surface area is 143 Å². The molecule has 3 rings (SSSR count). The molecule has 2 N–H and O–H groups in total. The third-order valence-electron chi connectivity index (χ3n) is 3.23. The monoisotopic (exact) mass is 345 g/mol. The number of carbonyl (C=O) groups is 1. The van der Waals surface area contributed by atoms with Crippen molar-refractivity contribution in [1.82, 2.24) is 20.3 Å².